The minimum absolute atomic E-state index is 0.0456. The van der Waals surface area contributed by atoms with Gasteiger partial charge in [-0.3, -0.25) is 4.79 Å². The molecule has 1 saturated heterocycles. The summed E-state index contributed by atoms with van der Waals surface area (Å²) in [6, 6.07) is 18.0. The Kier molecular flexibility index (Phi) is 6.32. The van der Waals surface area contributed by atoms with E-state index in [1.807, 2.05) is 36.5 Å². The third-order valence-electron chi connectivity index (χ3n) is 6.26. The molecule has 0 spiro atoms. The van der Waals surface area contributed by atoms with Crippen molar-refractivity contribution in [3.05, 3.63) is 71.9 Å². The van der Waals surface area contributed by atoms with E-state index in [-0.39, 0.29) is 18.6 Å². The highest BCUT2D eigenvalue weighted by atomic mass is 16.5. The smallest absolute Gasteiger partial charge is 0.258 e. The predicted molar refractivity (Wildman–Crippen MR) is 126 cm³/mol. The molecule has 1 atom stereocenters. The van der Waals surface area contributed by atoms with Gasteiger partial charge < -0.3 is 19.9 Å². The monoisotopic (exact) mass is 444 g/mol. The lowest BCUT2D eigenvalue weighted by atomic mass is 9.88. The quantitative estimate of drug-likeness (QED) is 0.626. The fourth-order valence-electron chi connectivity index (χ4n) is 4.54. The van der Waals surface area contributed by atoms with E-state index in [0.29, 0.717) is 5.88 Å². The van der Waals surface area contributed by atoms with Crippen molar-refractivity contribution < 1.29 is 9.53 Å². The zero-order chi connectivity index (χ0) is 22.5. The van der Waals surface area contributed by atoms with E-state index in [1.54, 1.807) is 6.07 Å². The highest BCUT2D eigenvalue weighted by Crippen LogP contribution is 2.29. The Labute approximate surface area is 193 Å². The van der Waals surface area contributed by atoms with Gasteiger partial charge in [0.15, 0.2) is 12.4 Å². The van der Waals surface area contributed by atoms with Gasteiger partial charge in [-0.15, -0.1) is 10.2 Å². The summed E-state index contributed by atoms with van der Waals surface area (Å²) in [5.74, 6) is 2.02. The summed E-state index contributed by atoms with van der Waals surface area (Å²) in [5.41, 5.74) is 2.53. The predicted octanol–water partition coefficient (Wildman–Crippen LogP) is 2.77. The second-order valence-corrected chi connectivity index (χ2v) is 8.39. The molecular formula is C25H28N6O2. The molecule has 1 N–H and O–H groups in total. The third-order valence-corrected chi connectivity index (χ3v) is 6.26. The van der Waals surface area contributed by atoms with Gasteiger partial charge in [0.25, 0.3) is 5.91 Å². The number of carbonyl (C=O) groups excluding carboxylic acids is 1. The topological polar surface area (TPSA) is 83.5 Å². The normalized spacial score (nSPS) is 17.9. The molecule has 0 bridgehead atoms. The Hall–Kier alpha value is -3.68. The van der Waals surface area contributed by atoms with Crippen LogP contribution < -0.4 is 19.9 Å². The number of aromatic nitrogens is 3. The van der Waals surface area contributed by atoms with E-state index < -0.39 is 0 Å². The molecule has 5 rings (SSSR count). The molecule has 1 aliphatic carbocycles. The van der Waals surface area contributed by atoms with Gasteiger partial charge in [0.2, 0.25) is 5.88 Å². The maximum atomic E-state index is 12.5. The molecule has 0 unspecified atom stereocenters. The first kappa shape index (κ1) is 21.2. The van der Waals surface area contributed by atoms with Crippen LogP contribution in [0.25, 0.3) is 0 Å². The van der Waals surface area contributed by atoms with Crippen molar-refractivity contribution in [3.8, 4) is 5.88 Å². The highest BCUT2D eigenvalue weighted by molar-refractivity contribution is 5.78. The molecule has 0 radical (unpaired) electrons. The number of nitrogens with one attached hydrogen (secondary N) is 1. The molecular weight excluding hydrogens is 416 g/mol. The van der Waals surface area contributed by atoms with Gasteiger partial charge in [0, 0.05) is 38.4 Å². The molecule has 1 amide bonds. The second-order valence-electron chi connectivity index (χ2n) is 8.39. The fourth-order valence-corrected chi connectivity index (χ4v) is 4.54. The summed E-state index contributed by atoms with van der Waals surface area (Å²) >= 11 is 0. The van der Waals surface area contributed by atoms with E-state index in [4.69, 9.17) is 4.74 Å². The van der Waals surface area contributed by atoms with Crippen LogP contribution in [0.5, 0.6) is 5.88 Å². The van der Waals surface area contributed by atoms with Gasteiger partial charge in [-0.25, -0.2) is 4.98 Å². The lowest BCUT2D eigenvalue weighted by Gasteiger charge is -2.35. The van der Waals surface area contributed by atoms with Crippen LogP contribution in [-0.4, -0.2) is 53.9 Å². The number of hydrogen-bond donors (Lipinski definition) is 1. The molecule has 0 saturated carbocycles. The van der Waals surface area contributed by atoms with Crippen molar-refractivity contribution in [2.45, 2.75) is 25.3 Å². The molecule has 3 aromatic rings. The number of aryl methyl sites for hydroxylation is 1. The van der Waals surface area contributed by atoms with Crippen molar-refractivity contribution in [2.75, 3.05) is 42.6 Å². The molecule has 3 heterocycles. The van der Waals surface area contributed by atoms with Gasteiger partial charge >= 0.3 is 0 Å². The minimum atomic E-state index is -0.145. The fraction of sp³-hybridized carbons (Fsp3) is 0.360. The van der Waals surface area contributed by atoms with Gasteiger partial charge in [0.05, 0.1) is 6.04 Å². The van der Waals surface area contributed by atoms with E-state index in [0.717, 1.165) is 57.1 Å². The van der Waals surface area contributed by atoms with Gasteiger partial charge in [0.1, 0.15) is 5.82 Å². The Morgan fingerprint density at radius 3 is 2.48 bits per heavy atom. The van der Waals surface area contributed by atoms with Gasteiger partial charge in [-0.2, -0.15) is 0 Å². The lowest BCUT2D eigenvalue weighted by molar-refractivity contribution is -0.124. The van der Waals surface area contributed by atoms with E-state index in [2.05, 4.69) is 48.5 Å². The number of hydrogen-bond acceptors (Lipinski definition) is 7. The number of benzene rings is 1. The summed E-state index contributed by atoms with van der Waals surface area (Å²) in [6.45, 7) is 3.37. The average Bonchev–Trinajstić information content (AvgIpc) is 2.89. The summed E-state index contributed by atoms with van der Waals surface area (Å²) < 4.78 is 5.59. The van der Waals surface area contributed by atoms with Crippen LogP contribution in [0.2, 0.25) is 0 Å². The summed E-state index contributed by atoms with van der Waals surface area (Å²) in [7, 11) is 0. The largest absolute Gasteiger partial charge is 0.466 e. The average molecular weight is 445 g/mol. The Morgan fingerprint density at radius 1 is 0.939 bits per heavy atom. The number of rotatable bonds is 6. The molecule has 33 heavy (non-hydrogen) atoms. The Bertz CT molecular complexity index is 1070. The number of piperazine rings is 1. The highest BCUT2D eigenvalue weighted by Gasteiger charge is 2.22. The minimum Gasteiger partial charge on any atom is -0.466 e. The number of amides is 1. The first-order valence-corrected chi connectivity index (χ1v) is 11.5. The van der Waals surface area contributed by atoms with Crippen molar-refractivity contribution in [3.63, 3.8) is 0 Å². The Morgan fingerprint density at radius 2 is 1.73 bits per heavy atom. The standard InChI is InChI=1S/C25H28N6O2/c32-24(27-21-9-5-7-19-6-1-2-8-20(19)21)18-33-25-12-11-23(28-29-25)31-16-14-30(15-17-31)22-10-3-4-13-26-22/h1-4,6,8,10-13,21H,5,7,9,14-18H2,(H,27,32)/t21-/m1/s1. The molecule has 2 aliphatic rings. The summed E-state index contributed by atoms with van der Waals surface area (Å²) in [6.07, 6.45) is 4.91. The summed E-state index contributed by atoms with van der Waals surface area (Å²) in [4.78, 5) is 21.3. The van der Waals surface area contributed by atoms with Crippen LogP contribution in [0, 0.1) is 0 Å². The summed E-state index contributed by atoms with van der Waals surface area (Å²) in [5, 5.41) is 11.6. The van der Waals surface area contributed by atoms with Crippen LogP contribution in [0.15, 0.2) is 60.8 Å². The first-order chi connectivity index (χ1) is 16.3. The van der Waals surface area contributed by atoms with Crippen molar-refractivity contribution >= 4 is 17.5 Å². The third kappa shape index (κ3) is 5.05. The van der Waals surface area contributed by atoms with E-state index in [9.17, 15) is 4.79 Å². The number of fused-ring (bicyclic) bond motifs is 1. The van der Waals surface area contributed by atoms with Gasteiger partial charge in [-0.05, 0) is 48.6 Å². The number of anilines is 2. The van der Waals surface area contributed by atoms with Crippen molar-refractivity contribution in [1.29, 1.82) is 0 Å². The SMILES string of the molecule is O=C(COc1ccc(N2CCN(c3ccccn3)CC2)nn1)N[C@@H]1CCCc2ccccc21. The van der Waals surface area contributed by atoms with Crippen LogP contribution in [0.4, 0.5) is 11.6 Å². The number of carbonyl (C=O) groups is 1. The number of ether oxygens (including phenoxy) is 1. The second kappa shape index (κ2) is 9.85. The van der Waals surface area contributed by atoms with Crippen molar-refractivity contribution in [1.82, 2.24) is 20.5 Å². The van der Waals surface area contributed by atoms with E-state index in [1.165, 1.54) is 11.1 Å². The van der Waals surface area contributed by atoms with Gasteiger partial charge in [-0.1, -0.05) is 30.3 Å². The molecule has 8 nitrogen and oxygen atoms in total. The maximum Gasteiger partial charge on any atom is 0.258 e. The molecule has 170 valence electrons. The van der Waals surface area contributed by atoms with Crippen LogP contribution in [0.1, 0.15) is 30.0 Å². The molecule has 1 aliphatic heterocycles. The maximum absolute atomic E-state index is 12.5. The van der Waals surface area contributed by atoms with E-state index >= 15 is 0 Å². The molecule has 2 aromatic heterocycles. The van der Waals surface area contributed by atoms with Crippen LogP contribution >= 0.6 is 0 Å². The molecule has 8 heteroatoms. The first-order valence-electron chi connectivity index (χ1n) is 11.5. The zero-order valence-electron chi connectivity index (χ0n) is 18.6. The molecule has 1 fully saturated rings. The van der Waals surface area contributed by atoms with Crippen LogP contribution in [-0.2, 0) is 11.2 Å². The zero-order valence-corrected chi connectivity index (χ0v) is 18.6. The Balaban J connectivity index is 1.10. The lowest BCUT2D eigenvalue weighted by Crippen LogP contribution is -2.47. The van der Waals surface area contributed by atoms with Crippen molar-refractivity contribution in [2.24, 2.45) is 0 Å². The van der Waals surface area contributed by atoms with Crippen LogP contribution in [0.3, 0.4) is 0 Å². The number of nitrogens with zero attached hydrogens (tertiary/aromatic N) is 5. The molecule has 1 aromatic carbocycles. The number of pyridine rings is 1.